The molecule has 4 rings (SSSR count). The Morgan fingerprint density at radius 1 is 1.11 bits per heavy atom. The van der Waals surface area contributed by atoms with Crippen LogP contribution in [-0.4, -0.2) is 60.1 Å². The Labute approximate surface area is 230 Å². The average molecular weight is 536 g/mol. The number of carbonyl (C=O) groups excluding carboxylic acids is 2. The Bertz CT molecular complexity index is 1220. The Kier molecular flexibility index (Phi) is 10.2. The van der Waals surface area contributed by atoms with E-state index in [0.717, 1.165) is 30.0 Å². The number of rotatable bonds is 11. The van der Waals surface area contributed by atoms with E-state index in [9.17, 15) is 14.7 Å². The molecule has 0 radical (unpaired) electrons. The fourth-order valence-electron chi connectivity index (χ4n) is 5.23. The van der Waals surface area contributed by atoms with Crippen LogP contribution in [0.1, 0.15) is 60.9 Å². The predicted octanol–water partition coefficient (Wildman–Crippen LogP) is 5.14. The van der Waals surface area contributed by atoms with Crippen LogP contribution in [0.2, 0.25) is 5.02 Å². The zero-order chi connectivity index (χ0) is 26.9. The number of hydrogen-bond acceptors (Lipinski definition) is 4. The lowest BCUT2D eigenvalue weighted by molar-refractivity contribution is -0.133. The SMILES string of the molecule is CC[C@H](CN1CC[C@H](CNC(=O)c2ccc3cc(Cl)ccc3c2)N[C@H](CCCCO)C1=O)c1ccccc1. The molecule has 3 N–H and O–H groups in total. The molecule has 3 atom stereocenters. The number of halogens is 1. The molecule has 1 saturated heterocycles. The molecule has 202 valence electrons. The molecule has 7 heteroatoms. The average Bonchev–Trinajstić information content (AvgIpc) is 3.08. The summed E-state index contributed by atoms with van der Waals surface area (Å²) in [5.41, 5.74) is 1.84. The maximum Gasteiger partial charge on any atom is 0.251 e. The number of aliphatic hydroxyl groups is 1. The molecule has 1 heterocycles. The third-order valence-electron chi connectivity index (χ3n) is 7.47. The van der Waals surface area contributed by atoms with Crippen LogP contribution in [0, 0.1) is 0 Å². The van der Waals surface area contributed by atoms with E-state index in [2.05, 4.69) is 29.7 Å². The molecular weight excluding hydrogens is 498 g/mol. The molecule has 6 nitrogen and oxygen atoms in total. The minimum atomic E-state index is -0.329. The summed E-state index contributed by atoms with van der Waals surface area (Å²) in [5, 5.41) is 18.5. The fourth-order valence-corrected chi connectivity index (χ4v) is 5.41. The summed E-state index contributed by atoms with van der Waals surface area (Å²) >= 11 is 6.08. The van der Waals surface area contributed by atoms with Gasteiger partial charge in [0.05, 0.1) is 6.04 Å². The van der Waals surface area contributed by atoms with Crippen molar-refractivity contribution in [2.24, 2.45) is 0 Å². The van der Waals surface area contributed by atoms with E-state index in [-0.39, 0.29) is 36.4 Å². The van der Waals surface area contributed by atoms with Gasteiger partial charge in [0.1, 0.15) is 0 Å². The van der Waals surface area contributed by atoms with Crippen molar-refractivity contribution in [2.75, 3.05) is 26.2 Å². The first-order chi connectivity index (χ1) is 18.5. The Hall–Kier alpha value is -2.93. The summed E-state index contributed by atoms with van der Waals surface area (Å²) in [7, 11) is 0. The van der Waals surface area contributed by atoms with E-state index >= 15 is 0 Å². The lowest BCUT2D eigenvalue weighted by atomic mass is 9.95. The molecule has 3 aromatic carbocycles. The Morgan fingerprint density at radius 3 is 2.63 bits per heavy atom. The van der Waals surface area contributed by atoms with E-state index in [1.54, 1.807) is 0 Å². The van der Waals surface area contributed by atoms with Gasteiger partial charge >= 0.3 is 0 Å². The molecule has 0 bridgehead atoms. The van der Waals surface area contributed by atoms with Crippen molar-refractivity contribution in [2.45, 2.75) is 57.0 Å². The molecule has 38 heavy (non-hydrogen) atoms. The van der Waals surface area contributed by atoms with Crippen LogP contribution < -0.4 is 10.6 Å². The summed E-state index contributed by atoms with van der Waals surface area (Å²) in [4.78, 5) is 28.6. The minimum Gasteiger partial charge on any atom is -0.396 e. The summed E-state index contributed by atoms with van der Waals surface area (Å²) < 4.78 is 0. The number of unbranched alkanes of at least 4 members (excludes halogenated alkanes) is 1. The maximum absolute atomic E-state index is 13.6. The highest BCUT2D eigenvalue weighted by molar-refractivity contribution is 6.31. The second kappa shape index (κ2) is 13.7. The Morgan fingerprint density at radius 2 is 1.87 bits per heavy atom. The van der Waals surface area contributed by atoms with Gasteiger partial charge in [0.2, 0.25) is 5.91 Å². The number of aliphatic hydroxyl groups excluding tert-OH is 1. The van der Waals surface area contributed by atoms with E-state index in [4.69, 9.17) is 11.6 Å². The molecule has 0 aromatic heterocycles. The molecule has 2 amide bonds. The van der Waals surface area contributed by atoms with Crippen LogP contribution in [0.4, 0.5) is 0 Å². The van der Waals surface area contributed by atoms with Crippen LogP contribution in [0.25, 0.3) is 10.8 Å². The molecule has 0 saturated carbocycles. The van der Waals surface area contributed by atoms with Crippen LogP contribution in [-0.2, 0) is 4.79 Å². The van der Waals surface area contributed by atoms with E-state index < -0.39 is 0 Å². The first kappa shape index (κ1) is 28.1. The first-order valence-electron chi connectivity index (χ1n) is 13.7. The van der Waals surface area contributed by atoms with Crippen molar-refractivity contribution in [3.05, 3.63) is 82.9 Å². The number of nitrogens with zero attached hydrogens (tertiary/aromatic N) is 1. The van der Waals surface area contributed by atoms with Gasteiger partial charge in [0, 0.05) is 48.8 Å². The zero-order valence-electron chi connectivity index (χ0n) is 22.0. The normalized spacial score (nSPS) is 18.8. The zero-order valence-corrected chi connectivity index (χ0v) is 22.8. The summed E-state index contributed by atoms with van der Waals surface area (Å²) in [6, 6.07) is 21.2. The number of hydrogen-bond donors (Lipinski definition) is 3. The van der Waals surface area contributed by atoms with Crippen LogP contribution >= 0.6 is 11.6 Å². The van der Waals surface area contributed by atoms with Gasteiger partial charge in [-0.2, -0.15) is 0 Å². The molecule has 1 aliphatic rings. The van der Waals surface area contributed by atoms with Gasteiger partial charge in [0.15, 0.2) is 0 Å². The maximum atomic E-state index is 13.6. The fraction of sp³-hybridized carbons (Fsp3) is 0.419. The summed E-state index contributed by atoms with van der Waals surface area (Å²) in [6.07, 6.45) is 3.80. The molecule has 3 aromatic rings. The monoisotopic (exact) mass is 535 g/mol. The molecule has 0 unspecified atom stereocenters. The standard InChI is InChI=1S/C31H38ClN3O3/c1-2-22(23-8-4-3-5-9-23)21-35-16-15-28(34-29(31(35)38)10-6-7-17-36)20-33-30(37)26-12-11-25-19-27(32)14-13-24(25)18-26/h3-5,8-9,11-14,18-19,22,28-29,34,36H,2,6-7,10,15-17,20-21H2,1H3,(H,33,37)/t22-,28-,29-/m1/s1. The minimum absolute atomic E-state index is 0.0249. The van der Waals surface area contributed by atoms with E-state index in [1.165, 1.54) is 5.56 Å². The van der Waals surface area contributed by atoms with Crippen LogP contribution in [0.3, 0.4) is 0 Å². The van der Waals surface area contributed by atoms with Crippen molar-refractivity contribution in [1.29, 1.82) is 0 Å². The van der Waals surface area contributed by atoms with Gasteiger partial charge in [-0.1, -0.05) is 61.0 Å². The lowest BCUT2D eigenvalue weighted by Crippen LogP contribution is -2.49. The largest absolute Gasteiger partial charge is 0.396 e. The van der Waals surface area contributed by atoms with Crippen LogP contribution in [0.5, 0.6) is 0 Å². The van der Waals surface area contributed by atoms with Crippen molar-refractivity contribution in [3.8, 4) is 0 Å². The van der Waals surface area contributed by atoms with E-state index in [0.29, 0.717) is 43.1 Å². The van der Waals surface area contributed by atoms with E-state index in [1.807, 2.05) is 59.5 Å². The lowest BCUT2D eigenvalue weighted by Gasteiger charge is -2.28. The van der Waals surface area contributed by atoms with Gasteiger partial charge in [0.25, 0.3) is 5.91 Å². The molecule has 1 fully saturated rings. The van der Waals surface area contributed by atoms with Gasteiger partial charge in [-0.15, -0.1) is 0 Å². The number of amides is 2. The first-order valence-corrected chi connectivity index (χ1v) is 14.0. The highest BCUT2D eigenvalue weighted by Gasteiger charge is 2.32. The van der Waals surface area contributed by atoms with Crippen molar-refractivity contribution in [3.63, 3.8) is 0 Å². The molecule has 1 aliphatic heterocycles. The number of benzene rings is 3. The predicted molar refractivity (Wildman–Crippen MR) is 154 cm³/mol. The molecule has 0 aliphatic carbocycles. The molecule has 0 spiro atoms. The van der Waals surface area contributed by atoms with Crippen LogP contribution in [0.15, 0.2) is 66.7 Å². The second-order valence-electron chi connectivity index (χ2n) is 10.1. The highest BCUT2D eigenvalue weighted by atomic mass is 35.5. The second-order valence-corrected chi connectivity index (χ2v) is 10.6. The van der Waals surface area contributed by atoms with Crippen molar-refractivity contribution in [1.82, 2.24) is 15.5 Å². The summed E-state index contributed by atoms with van der Waals surface area (Å²) in [5.74, 6) is 0.250. The number of carbonyl (C=O) groups is 2. The number of nitrogens with one attached hydrogen (secondary N) is 2. The quantitative estimate of drug-likeness (QED) is 0.297. The number of fused-ring (bicyclic) bond motifs is 1. The van der Waals surface area contributed by atoms with Gasteiger partial charge in [-0.05, 0) is 72.7 Å². The Balaban J connectivity index is 1.42. The highest BCUT2D eigenvalue weighted by Crippen LogP contribution is 2.23. The molecular formula is C31H38ClN3O3. The summed E-state index contributed by atoms with van der Waals surface area (Å²) in [6.45, 7) is 4.04. The smallest absolute Gasteiger partial charge is 0.251 e. The van der Waals surface area contributed by atoms with Crippen molar-refractivity contribution < 1.29 is 14.7 Å². The van der Waals surface area contributed by atoms with Gasteiger partial charge in [-0.3, -0.25) is 9.59 Å². The van der Waals surface area contributed by atoms with Gasteiger partial charge < -0.3 is 20.6 Å². The topological polar surface area (TPSA) is 81.7 Å². The van der Waals surface area contributed by atoms with Gasteiger partial charge in [-0.25, -0.2) is 0 Å². The van der Waals surface area contributed by atoms with Crippen molar-refractivity contribution >= 4 is 34.2 Å². The third kappa shape index (κ3) is 7.34. The third-order valence-corrected chi connectivity index (χ3v) is 7.71.